The predicted octanol–water partition coefficient (Wildman–Crippen LogP) is 7.62. The fourth-order valence-electron chi connectivity index (χ4n) is 5.66. The van der Waals surface area contributed by atoms with Crippen molar-refractivity contribution in [2.24, 2.45) is 16.6 Å². The van der Waals surface area contributed by atoms with E-state index in [1.54, 1.807) is 0 Å². The van der Waals surface area contributed by atoms with E-state index in [2.05, 4.69) is 23.5 Å². The van der Waals surface area contributed by atoms with Gasteiger partial charge in [-0.25, -0.2) is 0 Å². The van der Waals surface area contributed by atoms with Crippen molar-refractivity contribution < 1.29 is 13.2 Å². The molecule has 3 nitrogen and oxygen atoms in total. The van der Waals surface area contributed by atoms with Gasteiger partial charge in [0.2, 0.25) is 0 Å². The molecule has 1 aliphatic heterocycles. The van der Waals surface area contributed by atoms with E-state index in [0.29, 0.717) is 24.1 Å². The summed E-state index contributed by atoms with van der Waals surface area (Å²) >= 11 is 0. The summed E-state index contributed by atoms with van der Waals surface area (Å²) in [5.74, 6) is -1.57. The number of hydrogen-bond donors (Lipinski definition) is 2. The molecule has 1 aliphatic carbocycles. The molecule has 0 aromatic heterocycles. The Bertz CT molecular complexity index is 1410. The van der Waals surface area contributed by atoms with Crippen LogP contribution in [-0.2, 0) is 12.8 Å². The second-order valence-electron chi connectivity index (χ2n) is 10.5. The molecule has 206 valence electrons. The number of nitrogens with zero attached hydrogens (tertiary/aromatic N) is 1. The number of nitrogens with two attached hydrogens (primary N) is 1. The standard InChI is InChI=1S/C34H34F3N3/c35-34(36,37)29-18-11-17-28(23-29)33(31-20-9-10-21-39-31,24-26-14-5-2-6-15-26)40-32(38)30-19-8-7-16-27(30)22-25-12-3-1-4-13-25/h1-8,11-21,29,32,40H,9-10,22-24,38H2. The topological polar surface area (TPSA) is 50.4 Å². The zero-order valence-corrected chi connectivity index (χ0v) is 22.3. The largest absolute Gasteiger partial charge is 0.395 e. The number of allylic oxidation sites excluding steroid dienone is 4. The molecule has 0 radical (unpaired) electrons. The van der Waals surface area contributed by atoms with E-state index in [1.807, 2.05) is 85.1 Å². The summed E-state index contributed by atoms with van der Waals surface area (Å²) in [6, 6.07) is 28.0. The highest BCUT2D eigenvalue weighted by Gasteiger charge is 2.46. The Hall–Kier alpha value is -3.74. The van der Waals surface area contributed by atoms with Gasteiger partial charge < -0.3 is 5.73 Å². The average Bonchev–Trinajstić information content (AvgIpc) is 2.98. The van der Waals surface area contributed by atoms with Gasteiger partial charge in [0, 0.05) is 12.6 Å². The van der Waals surface area contributed by atoms with Crippen LogP contribution in [0.25, 0.3) is 0 Å². The van der Waals surface area contributed by atoms with Crippen molar-refractivity contribution in [3.05, 3.63) is 143 Å². The van der Waals surface area contributed by atoms with Crippen LogP contribution < -0.4 is 11.1 Å². The lowest BCUT2D eigenvalue weighted by molar-refractivity contribution is -0.161. The van der Waals surface area contributed by atoms with Crippen molar-refractivity contribution in [3.8, 4) is 0 Å². The Morgan fingerprint density at radius 1 is 0.875 bits per heavy atom. The van der Waals surface area contributed by atoms with Gasteiger partial charge in [-0.15, -0.1) is 0 Å². The first-order chi connectivity index (χ1) is 19.3. The minimum atomic E-state index is -4.34. The van der Waals surface area contributed by atoms with E-state index in [0.717, 1.165) is 35.1 Å². The van der Waals surface area contributed by atoms with Gasteiger partial charge in [0.1, 0.15) is 0 Å². The lowest BCUT2D eigenvalue weighted by atomic mass is 9.74. The maximum Gasteiger partial charge on any atom is 0.395 e. The molecular formula is C34H34F3N3. The van der Waals surface area contributed by atoms with Crippen LogP contribution in [0.4, 0.5) is 13.2 Å². The normalized spacial score (nSPS) is 19.4. The van der Waals surface area contributed by atoms with Crippen LogP contribution in [0.5, 0.6) is 0 Å². The molecule has 3 N–H and O–H groups in total. The Labute approximate surface area is 234 Å². The Morgan fingerprint density at radius 2 is 1.55 bits per heavy atom. The molecule has 0 saturated carbocycles. The summed E-state index contributed by atoms with van der Waals surface area (Å²) in [6.45, 7) is 0. The number of halogens is 3. The van der Waals surface area contributed by atoms with Gasteiger partial charge >= 0.3 is 6.18 Å². The van der Waals surface area contributed by atoms with Crippen molar-refractivity contribution in [1.29, 1.82) is 0 Å². The van der Waals surface area contributed by atoms with E-state index in [1.165, 1.54) is 12.2 Å². The average molecular weight is 542 g/mol. The van der Waals surface area contributed by atoms with Crippen LogP contribution in [0.2, 0.25) is 0 Å². The molecule has 0 saturated heterocycles. The third-order valence-electron chi connectivity index (χ3n) is 7.69. The molecule has 5 rings (SSSR count). The maximum atomic E-state index is 14.0. The van der Waals surface area contributed by atoms with Crippen LogP contribution in [0.3, 0.4) is 0 Å². The first-order valence-corrected chi connectivity index (χ1v) is 13.7. The van der Waals surface area contributed by atoms with E-state index >= 15 is 0 Å². The van der Waals surface area contributed by atoms with E-state index in [-0.39, 0.29) is 6.42 Å². The van der Waals surface area contributed by atoms with Crippen molar-refractivity contribution in [1.82, 2.24) is 5.32 Å². The fraction of sp³-hybridized carbons (Fsp3) is 0.265. The number of benzene rings is 3. The minimum absolute atomic E-state index is 0.162. The number of rotatable bonds is 9. The molecule has 3 atom stereocenters. The highest BCUT2D eigenvalue weighted by atomic mass is 19.4. The molecule has 0 bridgehead atoms. The van der Waals surface area contributed by atoms with Crippen molar-refractivity contribution >= 4 is 6.21 Å². The summed E-state index contributed by atoms with van der Waals surface area (Å²) in [5.41, 5.74) is 11.4. The van der Waals surface area contributed by atoms with Crippen LogP contribution in [0, 0.1) is 5.92 Å². The van der Waals surface area contributed by atoms with Crippen LogP contribution >= 0.6 is 0 Å². The third kappa shape index (κ3) is 6.35. The zero-order valence-electron chi connectivity index (χ0n) is 22.3. The molecule has 6 heteroatoms. The van der Waals surface area contributed by atoms with Gasteiger partial charge in [-0.3, -0.25) is 10.3 Å². The summed E-state index contributed by atoms with van der Waals surface area (Å²) in [6.07, 6.45) is 5.98. The Morgan fingerprint density at radius 3 is 2.23 bits per heavy atom. The van der Waals surface area contributed by atoms with Crippen LogP contribution in [0.1, 0.15) is 47.7 Å². The summed E-state index contributed by atoms with van der Waals surface area (Å²) in [7, 11) is 0. The first kappa shape index (κ1) is 27.8. The highest BCUT2D eigenvalue weighted by molar-refractivity contribution is 5.63. The molecule has 0 amide bonds. The van der Waals surface area contributed by atoms with Crippen LogP contribution in [-0.4, -0.2) is 17.9 Å². The van der Waals surface area contributed by atoms with Crippen molar-refractivity contribution in [3.63, 3.8) is 0 Å². The monoisotopic (exact) mass is 541 g/mol. The molecule has 0 fully saturated rings. The molecule has 40 heavy (non-hydrogen) atoms. The fourth-order valence-corrected chi connectivity index (χ4v) is 5.66. The van der Waals surface area contributed by atoms with E-state index in [9.17, 15) is 13.2 Å². The second-order valence-corrected chi connectivity index (χ2v) is 10.5. The third-order valence-corrected chi connectivity index (χ3v) is 7.69. The predicted molar refractivity (Wildman–Crippen MR) is 156 cm³/mol. The minimum Gasteiger partial charge on any atom is -0.312 e. The summed E-state index contributed by atoms with van der Waals surface area (Å²) in [5, 5.41) is 3.66. The van der Waals surface area contributed by atoms with E-state index in [4.69, 9.17) is 10.7 Å². The molecule has 0 spiro atoms. The van der Waals surface area contributed by atoms with Gasteiger partial charge in [-0.05, 0) is 53.5 Å². The lowest BCUT2D eigenvalue weighted by Gasteiger charge is -2.43. The first-order valence-electron chi connectivity index (χ1n) is 13.7. The molecule has 3 aromatic rings. The van der Waals surface area contributed by atoms with E-state index < -0.39 is 23.8 Å². The smallest absolute Gasteiger partial charge is 0.312 e. The molecule has 2 aliphatic rings. The van der Waals surface area contributed by atoms with Crippen molar-refractivity contribution in [2.45, 2.75) is 50.0 Å². The number of hydrogen-bond acceptors (Lipinski definition) is 3. The Kier molecular flexibility index (Phi) is 8.48. The molecule has 3 unspecified atom stereocenters. The van der Waals surface area contributed by atoms with Crippen molar-refractivity contribution in [2.75, 3.05) is 0 Å². The second kappa shape index (κ2) is 12.2. The summed E-state index contributed by atoms with van der Waals surface area (Å²) < 4.78 is 42.0. The molecule has 3 aromatic carbocycles. The van der Waals surface area contributed by atoms with Gasteiger partial charge in [-0.2, -0.15) is 13.2 Å². The maximum absolute atomic E-state index is 14.0. The van der Waals surface area contributed by atoms with Crippen LogP contribution in [0.15, 0.2) is 125 Å². The number of alkyl halides is 3. The quantitative estimate of drug-likeness (QED) is 0.274. The lowest BCUT2D eigenvalue weighted by Crippen LogP contribution is -2.54. The molecular weight excluding hydrogens is 507 g/mol. The van der Waals surface area contributed by atoms with Gasteiger partial charge in [0.15, 0.2) is 0 Å². The highest BCUT2D eigenvalue weighted by Crippen LogP contribution is 2.43. The van der Waals surface area contributed by atoms with Gasteiger partial charge in [-0.1, -0.05) is 109 Å². The molecule has 1 heterocycles. The number of nitrogens with one attached hydrogen (secondary N) is 1. The van der Waals surface area contributed by atoms with Gasteiger partial charge in [0.25, 0.3) is 0 Å². The summed E-state index contributed by atoms with van der Waals surface area (Å²) in [4.78, 5) is 4.77. The van der Waals surface area contributed by atoms with Gasteiger partial charge in [0.05, 0.1) is 23.3 Å². The Balaban J connectivity index is 1.59. The SMILES string of the molecule is NC(NC(Cc1ccccc1)(C1=CC=CC(C(F)(F)F)C1)C1=CCCC=N1)c1ccccc1Cc1ccccc1. The zero-order chi connectivity index (χ0) is 28.0. The number of aliphatic imine (C=N–C) groups is 1.